The molecule has 1 aromatic carbocycles. The summed E-state index contributed by atoms with van der Waals surface area (Å²) in [5.74, 6) is -0.725. The molecule has 3 atom stereocenters. The van der Waals surface area contributed by atoms with E-state index in [9.17, 15) is 19.2 Å². The van der Waals surface area contributed by atoms with Crippen LogP contribution in [-0.4, -0.2) is 55.9 Å². The maximum Gasteiger partial charge on any atom is 0.293 e. The van der Waals surface area contributed by atoms with Crippen LogP contribution in [0.15, 0.2) is 36.4 Å². The van der Waals surface area contributed by atoms with Gasteiger partial charge >= 0.3 is 0 Å². The topological polar surface area (TPSA) is 137 Å². The highest BCUT2D eigenvalue weighted by Gasteiger charge is 2.28. The van der Waals surface area contributed by atoms with Crippen molar-refractivity contribution >= 4 is 24.1 Å². The largest absolute Gasteiger partial charge is 0.490 e. The van der Waals surface area contributed by atoms with Crippen LogP contribution >= 0.6 is 0 Å². The Morgan fingerprint density at radius 2 is 1.97 bits per heavy atom. The van der Waals surface area contributed by atoms with E-state index in [1.54, 1.807) is 0 Å². The molecule has 2 heterocycles. The summed E-state index contributed by atoms with van der Waals surface area (Å²) in [6, 6.07) is 6.16. The monoisotopic (exact) mass is 473 g/mol. The van der Waals surface area contributed by atoms with Crippen molar-refractivity contribution in [3.05, 3.63) is 42.0 Å². The molecule has 0 saturated heterocycles. The number of hydrogen-bond donors (Lipinski definition) is 3. The summed E-state index contributed by atoms with van der Waals surface area (Å²) in [6.45, 7) is 2.55. The van der Waals surface area contributed by atoms with Crippen LogP contribution in [0.1, 0.15) is 44.6 Å². The summed E-state index contributed by atoms with van der Waals surface area (Å²) in [5.41, 5.74) is 6.48. The summed E-state index contributed by atoms with van der Waals surface area (Å²) in [5, 5.41) is 5.64. The zero-order valence-electron chi connectivity index (χ0n) is 19.7. The first-order chi connectivity index (χ1) is 16.4. The number of Topliss-reactive ketones (excluding diaryl/α,β-unsaturated/α-hetero) is 1. The second-order valence-electron chi connectivity index (χ2n) is 8.41. The zero-order valence-corrected chi connectivity index (χ0v) is 19.7. The van der Waals surface area contributed by atoms with E-state index >= 15 is 0 Å². The van der Waals surface area contributed by atoms with Crippen molar-refractivity contribution in [2.75, 3.05) is 19.8 Å². The number of hydrogen-bond acceptors (Lipinski definition) is 7. The number of ketones is 1. The van der Waals surface area contributed by atoms with E-state index < -0.39 is 18.0 Å². The molecule has 0 fully saturated rings. The SMILES string of the molecule is CC(=O)N[C@H]1Cc2ccc(cc2)OC/C=C\C[C@@H](COC=O)NC(=O)[C@H](CCCCN)CC1=O. The van der Waals surface area contributed by atoms with Gasteiger partial charge in [-0.2, -0.15) is 0 Å². The van der Waals surface area contributed by atoms with Gasteiger partial charge in [-0.1, -0.05) is 30.7 Å². The molecule has 1 aromatic rings. The van der Waals surface area contributed by atoms with Gasteiger partial charge in [0.05, 0.1) is 12.1 Å². The number of unbranched alkanes of at least 4 members (excludes halogenated alkanes) is 1. The number of amides is 2. The van der Waals surface area contributed by atoms with Gasteiger partial charge in [0, 0.05) is 19.3 Å². The number of nitrogens with two attached hydrogens (primary N) is 1. The fourth-order valence-corrected chi connectivity index (χ4v) is 3.81. The van der Waals surface area contributed by atoms with Gasteiger partial charge < -0.3 is 25.8 Å². The van der Waals surface area contributed by atoms with E-state index in [1.807, 2.05) is 36.4 Å². The second-order valence-corrected chi connectivity index (χ2v) is 8.41. The summed E-state index contributed by atoms with van der Waals surface area (Å²) in [4.78, 5) is 48.8. The van der Waals surface area contributed by atoms with Gasteiger partial charge in [-0.3, -0.25) is 19.2 Å². The number of benzene rings is 1. The Balaban J connectivity index is 2.30. The average Bonchev–Trinajstić information content (AvgIpc) is 2.81. The Hall–Kier alpha value is -3.20. The number of carbonyl (C=O) groups is 4. The third-order valence-corrected chi connectivity index (χ3v) is 5.60. The van der Waals surface area contributed by atoms with Crippen LogP contribution in [0, 0.1) is 5.92 Å². The first-order valence-electron chi connectivity index (χ1n) is 11.6. The van der Waals surface area contributed by atoms with Crippen LogP contribution in [0.4, 0.5) is 0 Å². The van der Waals surface area contributed by atoms with Crippen LogP contribution in [-0.2, 0) is 30.3 Å². The molecule has 3 rings (SSSR count). The molecule has 34 heavy (non-hydrogen) atoms. The third kappa shape index (κ3) is 9.74. The van der Waals surface area contributed by atoms with Gasteiger partial charge in [0.1, 0.15) is 19.0 Å². The second kappa shape index (κ2) is 14.8. The van der Waals surface area contributed by atoms with E-state index in [4.69, 9.17) is 15.2 Å². The van der Waals surface area contributed by atoms with E-state index in [2.05, 4.69) is 10.6 Å². The van der Waals surface area contributed by atoms with Crippen molar-refractivity contribution < 1.29 is 28.7 Å². The lowest BCUT2D eigenvalue weighted by atomic mass is 9.90. The molecule has 186 valence electrons. The first kappa shape index (κ1) is 27.0. The number of rotatable bonds is 8. The summed E-state index contributed by atoms with van der Waals surface area (Å²) >= 11 is 0. The standard InChI is InChI=1S/C25H35N3O6/c1-18(30)27-23-14-19-8-10-22(11-9-19)34-13-5-3-7-21(16-33-17-29)28-25(32)20(15-24(23)31)6-2-4-12-26/h3,5,8-11,17,20-21,23H,2,4,6-7,12-16,26H2,1H3,(H,27,30)(H,28,32)/b5-3-/t20-,21+,23+/m1/s1. The normalized spacial score (nSPS) is 22.7. The molecule has 0 aromatic heterocycles. The van der Waals surface area contributed by atoms with Crippen LogP contribution in [0.2, 0.25) is 0 Å². The predicted molar refractivity (Wildman–Crippen MR) is 127 cm³/mol. The first-order valence-corrected chi connectivity index (χ1v) is 11.6. The molecule has 4 N–H and O–H groups in total. The third-order valence-electron chi connectivity index (χ3n) is 5.60. The van der Waals surface area contributed by atoms with Gasteiger partial charge in [0.15, 0.2) is 5.78 Å². The Labute approximate surface area is 200 Å². The molecule has 0 saturated carbocycles. The van der Waals surface area contributed by atoms with Gasteiger partial charge in [-0.15, -0.1) is 0 Å². The Morgan fingerprint density at radius 1 is 1.21 bits per heavy atom. The van der Waals surface area contributed by atoms with Crippen LogP contribution in [0.5, 0.6) is 5.75 Å². The molecule has 0 aliphatic carbocycles. The molecular weight excluding hydrogens is 438 g/mol. The Morgan fingerprint density at radius 3 is 2.65 bits per heavy atom. The molecule has 2 bridgehead atoms. The van der Waals surface area contributed by atoms with Crippen molar-refractivity contribution in [2.24, 2.45) is 11.7 Å². The molecule has 2 aliphatic heterocycles. The van der Waals surface area contributed by atoms with Gasteiger partial charge in [0.2, 0.25) is 11.8 Å². The minimum atomic E-state index is -0.749. The van der Waals surface area contributed by atoms with Crippen molar-refractivity contribution in [1.29, 1.82) is 0 Å². The summed E-state index contributed by atoms with van der Waals surface area (Å²) < 4.78 is 10.6. The number of carbonyl (C=O) groups excluding carboxylic acids is 4. The summed E-state index contributed by atoms with van der Waals surface area (Å²) in [7, 11) is 0. The highest BCUT2D eigenvalue weighted by atomic mass is 16.5. The van der Waals surface area contributed by atoms with Gasteiger partial charge in [-0.05, 0) is 49.9 Å². The molecule has 2 amide bonds. The Bertz CT molecular complexity index is 840. The highest BCUT2D eigenvalue weighted by molar-refractivity contribution is 5.92. The fourth-order valence-electron chi connectivity index (χ4n) is 3.81. The van der Waals surface area contributed by atoms with E-state index in [1.165, 1.54) is 6.92 Å². The van der Waals surface area contributed by atoms with Crippen LogP contribution < -0.4 is 21.1 Å². The van der Waals surface area contributed by atoms with E-state index in [0.717, 1.165) is 12.0 Å². The predicted octanol–water partition coefficient (Wildman–Crippen LogP) is 1.43. The molecular formula is C25H35N3O6. The van der Waals surface area contributed by atoms with Crippen LogP contribution in [0.25, 0.3) is 0 Å². The smallest absolute Gasteiger partial charge is 0.293 e. The average molecular weight is 474 g/mol. The molecule has 9 heteroatoms. The van der Waals surface area contributed by atoms with Gasteiger partial charge in [-0.25, -0.2) is 0 Å². The summed E-state index contributed by atoms with van der Waals surface area (Å²) in [6.07, 6.45) is 6.33. The maximum absolute atomic E-state index is 13.2. The zero-order chi connectivity index (χ0) is 24.8. The molecule has 9 nitrogen and oxygen atoms in total. The highest BCUT2D eigenvalue weighted by Crippen LogP contribution is 2.19. The van der Waals surface area contributed by atoms with Crippen molar-refractivity contribution in [3.8, 4) is 5.75 Å². The number of fused-ring (bicyclic) bond motifs is 13. The van der Waals surface area contributed by atoms with Crippen molar-refractivity contribution in [1.82, 2.24) is 10.6 Å². The minimum Gasteiger partial charge on any atom is -0.490 e. The van der Waals surface area contributed by atoms with E-state index in [0.29, 0.717) is 51.1 Å². The van der Waals surface area contributed by atoms with Crippen molar-refractivity contribution in [3.63, 3.8) is 0 Å². The van der Waals surface area contributed by atoms with E-state index in [-0.39, 0.29) is 30.6 Å². The lowest BCUT2D eigenvalue weighted by molar-refractivity contribution is -0.134. The van der Waals surface area contributed by atoms with Crippen LogP contribution in [0.3, 0.4) is 0 Å². The van der Waals surface area contributed by atoms with Crippen molar-refractivity contribution in [2.45, 2.75) is 57.5 Å². The minimum absolute atomic E-state index is 0.0135. The van der Waals surface area contributed by atoms with Gasteiger partial charge in [0.25, 0.3) is 6.47 Å². The molecule has 0 spiro atoms. The maximum atomic E-state index is 13.2. The lowest BCUT2D eigenvalue weighted by Gasteiger charge is -2.23. The number of nitrogens with one attached hydrogen (secondary N) is 2. The number of ether oxygens (including phenoxy) is 2. The molecule has 0 unspecified atom stereocenters. The Kier molecular flexibility index (Phi) is 11.8. The molecule has 0 radical (unpaired) electrons. The fraction of sp³-hybridized carbons (Fsp3) is 0.520. The quantitative estimate of drug-likeness (QED) is 0.295. The lowest BCUT2D eigenvalue weighted by Crippen LogP contribution is -2.45. The molecule has 2 aliphatic rings.